The second kappa shape index (κ2) is 4.98. The van der Waals surface area contributed by atoms with E-state index in [-0.39, 0.29) is 0 Å². The van der Waals surface area contributed by atoms with E-state index in [0.29, 0.717) is 5.92 Å². The third-order valence-electron chi connectivity index (χ3n) is 3.51. The highest BCUT2D eigenvalue weighted by atomic mass is 16.5. The lowest BCUT2D eigenvalue weighted by molar-refractivity contribution is 0.349. The number of oxazole rings is 1. The maximum atomic E-state index is 5.79. The van der Waals surface area contributed by atoms with Gasteiger partial charge in [-0.15, -0.1) is 0 Å². The van der Waals surface area contributed by atoms with Crippen molar-refractivity contribution in [3.05, 3.63) is 24.1 Å². The van der Waals surface area contributed by atoms with E-state index < -0.39 is 0 Å². The molecule has 0 bridgehead atoms. The Labute approximate surface area is 106 Å². The SMILES string of the molecule is COc1cccc2oc(CC3CCCNC3)nc12. The van der Waals surface area contributed by atoms with Crippen molar-refractivity contribution < 1.29 is 9.15 Å². The lowest BCUT2D eigenvalue weighted by atomic mass is 9.96. The predicted octanol–water partition coefficient (Wildman–Crippen LogP) is 2.38. The Morgan fingerprint density at radius 1 is 1.50 bits per heavy atom. The molecule has 1 atom stereocenters. The third-order valence-corrected chi connectivity index (χ3v) is 3.51. The number of aromatic nitrogens is 1. The van der Waals surface area contributed by atoms with E-state index in [9.17, 15) is 0 Å². The number of ether oxygens (including phenoxy) is 1. The largest absolute Gasteiger partial charge is 0.494 e. The number of piperidine rings is 1. The first-order valence-corrected chi connectivity index (χ1v) is 6.50. The summed E-state index contributed by atoms with van der Waals surface area (Å²) < 4.78 is 11.1. The molecule has 1 aromatic heterocycles. The van der Waals surface area contributed by atoms with Crippen LogP contribution in [0.5, 0.6) is 5.75 Å². The lowest BCUT2D eigenvalue weighted by Crippen LogP contribution is -2.30. The zero-order valence-corrected chi connectivity index (χ0v) is 10.6. The van der Waals surface area contributed by atoms with E-state index in [1.54, 1.807) is 7.11 Å². The average molecular weight is 246 g/mol. The molecule has 4 nitrogen and oxygen atoms in total. The molecule has 2 aromatic rings. The minimum absolute atomic E-state index is 0.637. The topological polar surface area (TPSA) is 47.3 Å². The van der Waals surface area contributed by atoms with Gasteiger partial charge in [-0.1, -0.05) is 6.07 Å². The number of para-hydroxylation sites is 1. The van der Waals surface area contributed by atoms with Crippen LogP contribution in [0.1, 0.15) is 18.7 Å². The number of nitrogens with one attached hydrogen (secondary N) is 1. The molecule has 0 radical (unpaired) electrons. The molecule has 2 heterocycles. The first-order chi connectivity index (χ1) is 8.86. The number of nitrogens with zero attached hydrogens (tertiary/aromatic N) is 1. The molecule has 3 rings (SSSR count). The summed E-state index contributed by atoms with van der Waals surface area (Å²) in [6, 6.07) is 5.78. The number of fused-ring (bicyclic) bond motifs is 1. The lowest BCUT2D eigenvalue weighted by Gasteiger charge is -2.21. The Balaban J connectivity index is 1.84. The monoisotopic (exact) mass is 246 g/mol. The molecule has 1 saturated heterocycles. The van der Waals surface area contributed by atoms with Gasteiger partial charge < -0.3 is 14.5 Å². The molecule has 1 fully saturated rings. The van der Waals surface area contributed by atoms with Crippen molar-refractivity contribution in [3.63, 3.8) is 0 Å². The van der Waals surface area contributed by atoms with Gasteiger partial charge in [-0.05, 0) is 44.0 Å². The van der Waals surface area contributed by atoms with Crippen molar-refractivity contribution in [2.24, 2.45) is 5.92 Å². The van der Waals surface area contributed by atoms with E-state index in [1.165, 1.54) is 12.8 Å². The summed E-state index contributed by atoms with van der Waals surface area (Å²) in [6.07, 6.45) is 3.40. The Morgan fingerprint density at radius 2 is 2.44 bits per heavy atom. The van der Waals surface area contributed by atoms with Crippen LogP contribution < -0.4 is 10.1 Å². The molecule has 1 unspecified atom stereocenters. The quantitative estimate of drug-likeness (QED) is 0.903. The molecule has 1 aliphatic heterocycles. The first kappa shape index (κ1) is 11.5. The van der Waals surface area contributed by atoms with Gasteiger partial charge in [0.15, 0.2) is 17.0 Å². The molecule has 96 valence electrons. The summed E-state index contributed by atoms with van der Waals surface area (Å²) in [6.45, 7) is 2.20. The van der Waals surface area contributed by atoms with Crippen molar-refractivity contribution in [3.8, 4) is 5.75 Å². The Hall–Kier alpha value is -1.55. The van der Waals surface area contributed by atoms with E-state index in [0.717, 1.165) is 42.3 Å². The van der Waals surface area contributed by atoms with E-state index in [4.69, 9.17) is 9.15 Å². The molecule has 4 heteroatoms. The predicted molar refractivity (Wildman–Crippen MR) is 69.9 cm³/mol. The van der Waals surface area contributed by atoms with Gasteiger partial charge in [0.2, 0.25) is 0 Å². The molecule has 1 aliphatic rings. The van der Waals surface area contributed by atoms with Crippen molar-refractivity contribution in [2.75, 3.05) is 20.2 Å². The highest BCUT2D eigenvalue weighted by Crippen LogP contribution is 2.27. The first-order valence-electron chi connectivity index (χ1n) is 6.50. The van der Waals surface area contributed by atoms with Gasteiger partial charge in [-0.2, -0.15) is 0 Å². The summed E-state index contributed by atoms with van der Waals surface area (Å²) in [7, 11) is 1.66. The zero-order valence-electron chi connectivity index (χ0n) is 10.6. The van der Waals surface area contributed by atoms with Crippen molar-refractivity contribution >= 4 is 11.1 Å². The van der Waals surface area contributed by atoms with Crippen LogP contribution in [0.25, 0.3) is 11.1 Å². The number of benzene rings is 1. The van der Waals surface area contributed by atoms with Crippen LogP contribution >= 0.6 is 0 Å². The Morgan fingerprint density at radius 3 is 3.22 bits per heavy atom. The molecule has 1 N–H and O–H groups in total. The van der Waals surface area contributed by atoms with Gasteiger partial charge in [0.1, 0.15) is 5.75 Å². The second-order valence-electron chi connectivity index (χ2n) is 4.83. The highest BCUT2D eigenvalue weighted by Gasteiger charge is 2.17. The number of hydrogen-bond acceptors (Lipinski definition) is 4. The molecule has 1 aromatic carbocycles. The molecule has 0 saturated carbocycles. The number of hydrogen-bond donors (Lipinski definition) is 1. The van der Waals surface area contributed by atoms with Crippen molar-refractivity contribution in [1.29, 1.82) is 0 Å². The van der Waals surface area contributed by atoms with Crippen LogP contribution in [0, 0.1) is 5.92 Å². The van der Waals surface area contributed by atoms with Gasteiger partial charge in [0, 0.05) is 6.42 Å². The summed E-state index contributed by atoms with van der Waals surface area (Å²) in [5.41, 5.74) is 1.65. The fourth-order valence-corrected chi connectivity index (χ4v) is 2.57. The molecular weight excluding hydrogens is 228 g/mol. The minimum Gasteiger partial charge on any atom is -0.494 e. The Bertz CT molecular complexity index is 530. The second-order valence-corrected chi connectivity index (χ2v) is 4.83. The summed E-state index contributed by atoms with van der Waals surface area (Å²) in [5, 5.41) is 3.42. The number of methoxy groups -OCH3 is 1. The number of rotatable bonds is 3. The van der Waals surface area contributed by atoms with Gasteiger partial charge >= 0.3 is 0 Å². The van der Waals surface area contributed by atoms with Crippen LogP contribution in [0.2, 0.25) is 0 Å². The van der Waals surface area contributed by atoms with E-state index in [1.807, 2.05) is 18.2 Å². The molecule has 0 spiro atoms. The van der Waals surface area contributed by atoms with Crippen molar-refractivity contribution in [2.45, 2.75) is 19.3 Å². The maximum absolute atomic E-state index is 5.79. The minimum atomic E-state index is 0.637. The molecule has 0 aliphatic carbocycles. The normalized spacial score (nSPS) is 20.2. The summed E-state index contributed by atoms with van der Waals surface area (Å²) in [5.74, 6) is 2.24. The van der Waals surface area contributed by atoms with Crippen LogP contribution in [-0.4, -0.2) is 25.2 Å². The van der Waals surface area contributed by atoms with Gasteiger partial charge in [0.25, 0.3) is 0 Å². The molecular formula is C14H18N2O2. The van der Waals surface area contributed by atoms with E-state index >= 15 is 0 Å². The van der Waals surface area contributed by atoms with Crippen LogP contribution in [0.15, 0.2) is 22.6 Å². The van der Waals surface area contributed by atoms with Gasteiger partial charge in [-0.25, -0.2) is 4.98 Å². The van der Waals surface area contributed by atoms with Crippen LogP contribution in [-0.2, 0) is 6.42 Å². The molecule has 0 amide bonds. The third kappa shape index (κ3) is 2.20. The smallest absolute Gasteiger partial charge is 0.195 e. The Kier molecular flexibility index (Phi) is 3.19. The average Bonchev–Trinajstić information content (AvgIpc) is 2.82. The van der Waals surface area contributed by atoms with Gasteiger partial charge in [-0.3, -0.25) is 0 Å². The van der Waals surface area contributed by atoms with Crippen molar-refractivity contribution in [1.82, 2.24) is 10.3 Å². The zero-order chi connectivity index (χ0) is 12.4. The fourth-order valence-electron chi connectivity index (χ4n) is 2.57. The van der Waals surface area contributed by atoms with E-state index in [2.05, 4.69) is 10.3 Å². The van der Waals surface area contributed by atoms with Crippen LogP contribution in [0.3, 0.4) is 0 Å². The highest BCUT2D eigenvalue weighted by molar-refractivity contribution is 5.79. The fraction of sp³-hybridized carbons (Fsp3) is 0.500. The summed E-state index contributed by atoms with van der Waals surface area (Å²) in [4.78, 5) is 4.56. The maximum Gasteiger partial charge on any atom is 0.195 e. The molecule has 18 heavy (non-hydrogen) atoms. The summed E-state index contributed by atoms with van der Waals surface area (Å²) >= 11 is 0. The standard InChI is InChI=1S/C14H18N2O2/c1-17-11-5-2-6-12-14(11)16-13(18-12)8-10-4-3-7-15-9-10/h2,5-6,10,15H,3-4,7-9H2,1H3. The van der Waals surface area contributed by atoms with Gasteiger partial charge in [0.05, 0.1) is 7.11 Å². The van der Waals surface area contributed by atoms with Crippen LogP contribution in [0.4, 0.5) is 0 Å².